The molecule has 0 spiro atoms. The molecule has 0 aromatic heterocycles. The minimum Gasteiger partial charge on any atom is -0.462 e. The molecule has 0 aromatic carbocycles. The van der Waals surface area contributed by atoms with Gasteiger partial charge in [0.05, 0.1) is 6.61 Å². The van der Waals surface area contributed by atoms with Crippen molar-refractivity contribution < 1.29 is 56.8 Å². The van der Waals surface area contributed by atoms with Crippen LogP contribution in [0.2, 0.25) is 0 Å². The zero-order chi connectivity index (χ0) is 49.8. The van der Waals surface area contributed by atoms with Crippen molar-refractivity contribution in [3.05, 3.63) is 72.9 Å². The smallest absolute Gasteiger partial charge is 0.306 e. The average Bonchev–Trinajstić information content (AvgIpc) is 3.31. The maximum Gasteiger partial charge on any atom is 0.306 e. The van der Waals surface area contributed by atoms with E-state index in [4.69, 9.17) is 18.9 Å². The fraction of sp³-hybridized carbons (Fsp3) is 0.745. The van der Waals surface area contributed by atoms with Crippen molar-refractivity contribution in [1.82, 2.24) is 0 Å². The first-order valence-electron chi connectivity index (χ1n) is 26.5. The van der Waals surface area contributed by atoms with Gasteiger partial charge in [-0.1, -0.05) is 183 Å². The lowest BCUT2D eigenvalue weighted by atomic mass is 10.00. The summed E-state index contributed by atoms with van der Waals surface area (Å²) in [5.74, 6) is -2.11. The van der Waals surface area contributed by atoms with Gasteiger partial charge in [-0.25, -0.2) is 0 Å². The van der Waals surface area contributed by atoms with Gasteiger partial charge in [-0.2, -0.15) is 8.42 Å². The van der Waals surface area contributed by atoms with Crippen LogP contribution in [0.25, 0.3) is 0 Å². The van der Waals surface area contributed by atoms with E-state index >= 15 is 0 Å². The molecule has 1 fully saturated rings. The van der Waals surface area contributed by atoms with E-state index in [1.807, 2.05) is 12.2 Å². The Labute approximate surface area is 412 Å². The number of carbonyl (C=O) groups excluding carboxylic acids is 2. The van der Waals surface area contributed by atoms with Crippen LogP contribution in [0.15, 0.2) is 72.9 Å². The second-order valence-electron chi connectivity index (χ2n) is 18.2. The highest BCUT2D eigenvalue weighted by atomic mass is 32.2. The second kappa shape index (κ2) is 44.1. The molecule has 392 valence electrons. The second-order valence-corrected chi connectivity index (χ2v) is 19.7. The monoisotopic (exact) mass is 979 g/mol. The third-order valence-electron chi connectivity index (χ3n) is 11.7. The molecule has 12 nitrogen and oxygen atoms in total. The van der Waals surface area contributed by atoms with Gasteiger partial charge in [0.15, 0.2) is 12.4 Å². The van der Waals surface area contributed by atoms with Gasteiger partial charge in [-0.3, -0.25) is 14.1 Å². The lowest BCUT2D eigenvalue weighted by molar-refractivity contribution is -0.297. The summed E-state index contributed by atoms with van der Waals surface area (Å²) >= 11 is 0. The lowest BCUT2D eigenvalue weighted by Crippen LogP contribution is -2.60. The topological polar surface area (TPSA) is 186 Å². The van der Waals surface area contributed by atoms with Crippen LogP contribution >= 0.6 is 0 Å². The van der Waals surface area contributed by atoms with Gasteiger partial charge in [0.1, 0.15) is 36.8 Å². The molecule has 4 N–H and O–H groups in total. The number of hydrogen-bond donors (Lipinski definition) is 4. The molecule has 0 radical (unpaired) electrons. The summed E-state index contributed by atoms with van der Waals surface area (Å²) in [4.78, 5) is 25.5. The van der Waals surface area contributed by atoms with Crippen LogP contribution in [-0.2, 0) is 38.7 Å². The third kappa shape index (κ3) is 37.9. The molecule has 0 aromatic rings. The normalized spacial score (nSPS) is 19.8. The molecule has 0 saturated carbocycles. The van der Waals surface area contributed by atoms with Crippen molar-refractivity contribution in [1.29, 1.82) is 0 Å². The van der Waals surface area contributed by atoms with Crippen molar-refractivity contribution >= 4 is 22.1 Å². The van der Waals surface area contributed by atoms with Crippen molar-refractivity contribution in [2.75, 3.05) is 19.0 Å². The average molecular weight is 979 g/mol. The fourth-order valence-electron chi connectivity index (χ4n) is 7.63. The van der Waals surface area contributed by atoms with Crippen LogP contribution in [-0.4, -0.2) is 96.0 Å². The van der Waals surface area contributed by atoms with Crippen LogP contribution in [0.1, 0.15) is 206 Å². The quantitative estimate of drug-likeness (QED) is 0.0196. The summed E-state index contributed by atoms with van der Waals surface area (Å²) < 4.78 is 54.1. The van der Waals surface area contributed by atoms with Crippen LogP contribution in [0, 0.1) is 0 Å². The minimum absolute atomic E-state index is 0.0774. The van der Waals surface area contributed by atoms with E-state index in [-0.39, 0.29) is 19.4 Å². The molecule has 0 amide bonds. The number of hydrogen-bond acceptors (Lipinski definition) is 11. The Balaban J connectivity index is 2.41. The molecule has 2 unspecified atom stereocenters. The number of aliphatic hydroxyl groups is 3. The van der Waals surface area contributed by atoms with Crippen molar-refractivity contribution in [2.24, 2.45) is 0 Å². The zero-order valence-electron chi connectivity index (χ0n) is 42.2. The first kappa shape index (κ1) is 63.1. The van der Waals surface area contributed by atoms with Crippen LogP contribution < -0.4 is 0 Å². The summed E-state index contributed by atoms with van der Waals surface area (Å²) in [5, 5.41) is 31.0. The van der Waals surface area contributed by atoms with Crippen molar-refractivity contribution in [2.45, 2.75) is 243 Å². The Morgan fingerprint density at radius 3 is 1.40 bits per heavy atom. The molecular weight excluding hydrogens is 885 g/mol. The molecule has 1 heterocycles. The van der Waals surface area contributed by atoms with Gasteiger partial charge in [-0.05, 0) is 83.5 Å². The third-order valence-corrected chi connectivity index (χ3v) is 12.5. The zero-order valence-corrected chi connectivity index (χ0v) is 43.0. The van der Waals surface area contributed by atoms with E-state index in [2.05, 4.69) is 74.6 Å². The number of carbonyl (C=O) groups is 2. The summed E-state index contributed by atoms with van der Waals surface area (Å²) in [7, 11) is -4.62. The standard InChI is InChI=1S/C55H94O12S/c1-3-5-7-9-11-13-15-17-19-21-22-23-24-25-26-28-29-31-33-35-37-39-41-43-50(56)64-45-48(46-65-55-54(60)53(59)52(58)49(67-55)47-68(61,62)63)66-51(57)44-42-40-38-36-34-32-30-27-20-18-16-14-12-10-8-6-4-2/h12,14,18,20,28-30,32,35-38,48-49,52-55,58-60H,3-11,13,15-17,19,21-27,31,33-34,39-47H2,1-2H3,(H,61,62,63)/b14-12+,20-18+,29-28+,32-30+,37-35+,38-36+/t48-,49-,52-,53?,54?,55+/m1/s1. The van der Waals surface area contributed by atoms with Crippen molar-refractivity contribution in [3.63, 3.8) is 0 Å². The number of ether oxygens (including phenoxy) is 4. The van der Waals surface area contributed by atoms with Crippen LogP contribution in [0.3, 0.4) is 0 Å². The van der Waals surface area contributed by atoms with E-state index in [0.717, 1.165) is 44.9 Å². The molecule has 0 bridgehead atoms. The van der Waals surface area contributed by atoms with Gasteiger partial charge in [0.25, 0.3) is 10.1 Å². The molecular formula is C55H94O12S. The molecule has 1 saturated heterocycles. The molecule has 1 aliphatic heterocycles. The molecule has 68 heavy (non-hydrogen) atoms. The first-order valence-corrected chi connectivity index (χ1v) is 28.1. The van der Waals surface area contributed by atoms with Crippen LogP contribution in [0.4, 0.5) is 0 Å². The van der Waals surface area contributed by atoms with Crippen molar-refractivity contribution in [3.8, 4) is 0 Å². The Hall–Kier alpha value is -2.91. The van der Waals surface area contributed by atoms with E-state index in [9.17, 15) is 37.9 Å². The molecule has 13 heteroatoms. The maximum atomic E-state index is 12.8. The Morgan fingerprint density at radius 1 is 0.500 bits per heavy atom. The molecule has 1 aliphatic rings. The van der Waals surface area contributed by atoms with Gasteiger partial charge < -0.3 is 34.3 Å². The van der Waals surface area contributed by atoms with E-state index in [0.29, 0.717) is 25.7 Å². The number of allylic oxidation sites excluding steroid dienone is 12. The largest absolute Gasteiger partial charge is 0.462 e. The lowest BCUT2D eigenvalue weighted by Gasteiger charge is -2.40. The first-order chi connectivity index (χ1) is 33.0. The highest BCUT2D eigenvalue weighted by Gasteiger charge is 2.46. The van der Waals surface area contributed by atoms with E-state index < -0.39 is 71.2 Å². The minimum atomic E-state index is -4.62. The van der Waals surface area contributed by atoms with Gasteiger partial charge in [0, 0.05) is 12.8 Å². The highest BCUT2D eigenvalue weighted by Crippen LogP contribution is 2.24. The Kier molecular flexibility index (Phi) is 40.9. The Morgan fingerprint density at radius 2 is 0.897 bits per heavy atom. The van der Waals surface area contributed by atoms with Crippen LogP contribution in [0.5, 0.6) is 0 Å². The number of rotatable bonds is 44. The predicted molar refractivity (Wildman–Crippen MR) is 275 cm³/mol. The van der Waals surface area contributed by atoms with E-state index in [1.54, 1.807) is 0 Å². The predicted octanol–water partition coefficient (Wildman–Crippen LogP) is 12.2. The Bertz CT molecular complexity index is 1520. The number of esters is 2. The highest BCUT2D eigenvalue weighted by molar-refractivity contribution is 7.85. The molecule has 6 atom stereocenters. The summed E-state index contributed by atoms with van der Waals surface area (Å²) in [6.07, 6.45) is 48.2. The van der Waals surface area contributed by atoms with Gasteiger partial charge in [-0.15, -0.1) is 0 Å². The molecule has 1 rings (SSSR count). The fourth-order valence-corrected chi connectivity index (χ4v) is 8.32. The molecule has 0 aliphatic carbocycles. The van der Waals surface area contributed by atoms with E-state index in [1.165, 1.54) is 109 Å². The van der Waals surface area contributed by atoms with Gasteiger partial charge >= 0.3 is 11.9 Å². The number of aliphatic hydroxyl groups excluding tert-OH is 3. The maximum absolute atomic E-state index is 12.8. The van der Waals surface area contributed by atoms with Gasteiger partial charge in [0.2, 0.25) is 0 Å². The SMILES string of the molecule is CCCCC/C=C/C/C=C/C/C=C/C/C=C/CCCC(=O)O[C@H](COC(=O)CCC/C=C/CC/C=C/CCCCCCCCCCCCCCCC)CO[C@H]1O[C@H](CS(=O)(=O)O)[C@@H](O)C(O)C1O. The number of unbranched alkanes of at least 4 members (excludes halogenated alkanes) is 20. The summed E-state index contributed by atoms with van der Waals surface area (Å²) in [5.41, 5.74) is 0. The summed E-state index contributed by atoms with van der Waals surface area (Å²) in [6, 6.07) is 0. The summed E-state index contributed by atoms with van der Waals surface area (Å²) in [6.45, 7) is 3.67.